The second kappa shape index (κ2) is 17.3. The number of pyridine rings is 1. The molecule has 2 aromatic heterocycles. The molecule has 15 nitrogen and oxygen atoms in total. The van der Waals surface area contributed by atoms with Crippen LogP contribution in [0.3, 0.4) is 0 Å². The number of carbonyl (C=O) groups is 5. The predicted molar refractivity (Wildman–Crippen MR) is 212 cm³/mol. The average molecular weight is 823 g/mol. The van der Waals surface area contributed by atoms with Gasteiger partial charge in [-0.25, -0.2) is 19.6 Å². The van der Waals surface area contributed by atoms with Crippen molar-refractivity contribution < 1.29 is 43.3 Å². The van der Waals surface area contributed by atoms with Gasteiger partial charge < -0.3 is 40.2 Å². The number of allylic oxidation sites excluding steroid dienone is 1. The quantitative estimate of drug-likeness (QED) is 0.178. The van der Waals surface area contributed by atoms with Crippen LogP contribution >= 0.6 is 22.9 Å². The molecule has 3 fully saturated rings. The molecule has 2 aliphatic heterocycles. The Labute approximate surface area is 338 Å². The molecule has 1 saturated heterocycles. The van der Waals surface area contributed by atoms with Crippen LogP contribution in [0.4, 0.5) is 9.93 Å². The summed E-state index contributed by atoms with van der Waals surface area (Å²) in [4.78, 5) is 77.3. The highest BCUT2D eigenvalue weighted by molar-refractivity contribution is 7.14. The Bertz CT molecular complexity index is 2070. The lowest BCUT2D eigenvalue weighted by Crippen LogP contribution is -2.56. The number of halogens is 1. The Kier molecular flexibility index (Phi) is 12.2. The molecule has 0 spiro atoms. The zero-order chi connectivity index (χ0) is 40.3. The minimum Gasteiger partial charge on any atom is -0.495 e. The average Bonchev–Trinajstić information content (AvgIpc) is 3.62. The molecule has 2 saturated carbocycles. The van der Waals surface area contributed by atoms with Crippen molar-refractivity contribution in [1.82, 2.24) is 25.5 Å². The molecule has 4 N–H and O–H groups in total. The zero-order valence-electron chi connectivity index (χ0n) is 31.9. The number of methoxy groups -OCH3 is 1. The van der Waals surface area contributed by atoms with Gasteiger partial charge in [-0.2, -0.15) is 0 Å². The monoisotopic (exact) mass is 822 g/mol. The van der Waals surface area contributed by atoms with E-state index in [1.54, 1.807) is 30.5 Å². The minimum absolute atomic E-state index is 0.0277. The summed E-state index contributed by atoms with van der Waals surface area (Å²) in [5.74, 6) is -2.09. The number of nitrogens with one attached hydrogen (secondary N) is 3. The molecule has 0 radical (unpaired) electrons. The van der Waals surface area contributed by atoms with Crippen molar-refractivity contribution in [1.29, 1.82) is 0 Å². The predicted octanol–water partition coefficient (Wildman–Crippen LogP) is 6.23. The summed E-state index contributed by atoms with van der Waals surface area (Å²) in [6.07, 6.45) is 9.48. The molecule has 4 aliphatic rings. The van der Waals surface area contributed by atoms with E-state index in [1.807, 2.05) is 12.2 Å². The van der Waals surface area contributed by atoms with Crippen LogP contribution in [0.1, 0.15) is 84.0 Å². The van der Waals surface area contributed by atoms with Gasteiger partial charge in [-0.15, -0.1) is 11.3 Å². The maximum absolute atomic E-state index is 14.6. The van der Waals surface area contributed by atoms with E-state index < -0.39 is 47.6 Å². The molecule has 3 aromatic rings. The summed E-state index contributed by atoms with van der Waals surface area (Å²) in [6, 6.07) is 3.03. The number of aromatic nitrogens is 2. The first-order chi connectivity index (χ1) is 27.5. The van der Waals surface area contributed by atoms with Gasteiger partial charge in [-0.3, -0.25) is 14.4 Å². The SMILES string of the molecule is CCC(=O)Nc1nc(-c2cc(O[C@@H]3C[C@H]4C(=O)N[C@]5(C(=O)O)C[C@H]5/C=C\CCCCC[C@H](NC(=O)OC5CCCC5)C(=O)N4C3)c3ccc(OC)c(Cl)c3n2)cs1. The maximum atomic E-state index is 14.6. The van der Waals surface area contributed by atoms with Crippen LogP contribution in [0.5, 0.6) is 11.5 Å². The fourth-order valence-electron chi connectivity index (χ4n) is 7.91. The molecule has 4 amide bonds. The zero-order valence-corrected chi connectivity index (χ0v) is 33.5. The first-order valence-corrected chi connectivity index (χ1v) is 20.8. The number of amides is 4. The van der Waals surface area contributed by atoms with E-state index >= 15 is 0 Å². The Morgan fingerprint density at radius 1 is 1.05 bits per heavy atom. The third-order valence-corrected chi connectivity index (χ3v) is 12.3. The highest BCUT2D eigenvalue weighted by Gasteiger charge is 2.61. The van der Waals surface area contributed by atoms with Crippen LogP contribution in [0.2, 0.25) is 5.02 Å². The fourth-order valence-corrected chi connectivity index (χ4v) is 8.92. The summed E-state index contributed by atoms with van der Waals surface area (Å²) in [7, 11) is 1.49. The van der Waals surface area contributed by atoms with Crippen molar-refractivity contribution in [2.24, 2.45) is 5.92 Å². The first kappa shape index (κ1) is 40.2. The summed E-state index contributed by atoms with van der Waals surface area (Å²) in [6.45, 7) is 1.70. The van der Waals surface area contributed by atoms with Gasteiger partial charge in [0, 0.05) is 35.6 Å². The van der Waals surface area contributed by atoms with Gasteiger partial charge in [0.25, 0.3) is 0 Å². The van der Waals surface area contributed by atoms with Crippen LogP contribution < -0.4 is 25.4 Å². The summed E-state index contributed by atoms with van der Waals surface area (Å²) < 4.78 is 17.8. The molecule has 0 bridgehead atoms. The number of nitrogens with zero attached hydrogens (tertiary/aromatic N) is 3. The van der Waals surface area contributed by atoms with Gasteiger partial charge in [0.15, 0.2) is 5.13 Å². The van der Waals surface area contributed by atoms with Crippen LogP contribution in [0.15, 0.2) is 35.7 Å². The van der Waals surface area contributed by atoms with E-state index in [-0.39, 0.29) is 48.8 Å². The molecule has 57 heavy (non-hydrogen) atoms. The van der Waals surface area contributed by atoms with Gasteiger partial charge in [-0.1, -0.05) is 43.5 Å². The minimum atomic E-state index is -1.49. The molecule has 2 aliphatic carbocycles. The van der Waals surface area contributed by atoms with Gasteiger partial charge in [0.2, 0.25) is 17.7 Å². The van der Waals surface area contributed by atoms with E-state index in [4.69, 9.17) is 30.8 Å². The Morgan fingerprint density at radius 3 is 2.60 bits per heavy atom. The number of ether oxygens (including phenoxy) is 3. The van der Waals surface area contributed by atoms with Crippen LogP contribution in [-0.4, -0.2) is 93.2 Å². The van der Waals surface area contributed by atoms with Gasteiger partial charge >= 0.3 is 12.1 Å². The summed E-state index contributed by atoms with van der Waals surface area (Å²) >= 11 is 8.03. The standard InChI is InChI=1S/C40H47ClN6O9S/c1-3-32(48)45-38-43-28(21-57-38)27-18-31(25-15-16-30(54-2)33(41)34(25)42-27)55-24-17-29-35(49)46-40(37(51)52)19-22(40)11-7-5-4-6-8-14-26(36(50)47(29)20-24)44-39(53)56-23-12-9-10-13-23/h7,11,15-16,18,21-24,26,29H,3-6,8-10,12-14,17,19-20H2,1-2H3,(H,44,53)(H,46,49)(H,51,52)(H,43,45,48)/b11-7-/t22-,24-,26+,29+,40-/m1/s1. The topological polar surface area (TPSA) is 198 Å². The Hall–Kier alpha value is -4.96. The van der Waals surface area contributed by atoms with Crippen molar-refractivity contribution in [2.45, 2.75) is 114 Å². The molecular formula is C40H47ClN6O9S. The largest absolute Gasteiger partial charge is 0.495 e. The van der Waals surface area contributed by atoms with Gasteiger partial charge in [-0.05, 0) is 63.5 Å². The maximum Gasteiger partial charge on any atom is 0.408 e. The number of hydrogen-bond donors (Lipinski definition) is 4. The van der Waals surface area contributed by atoms with Crippen molar-refractivity contribution in [3.63, 3.8) is 0 Å². The summed E-state index contributed by atoms with van der Waals surface area (Å²) in [5, 5.41) is 21.5. The highest BCUT2D eigenvalue weighted by atomic mass is 35.5. The van der Waals surface area contributed by atoms with Gasteiger partial charge in [0.05, 0.1) is 24.9 Å². The molecule has 304 valence electrons. The summed E-state index contributed by atoms with van der Waals surface area (Å²) in [5.41, 5.74) is -0.280. The number of carbonyl (C=O) groups excluding carboxylic acids is 4. The molecule has 17 heteroatoms. The smallest absolute Gasteiger partial charge is 0.408 e. The van der Waals surface area contributed by atoms with E-state index in [2.05, 4.69) is 20.9 Å². The third kappa shape index (κ3) is 8.81. The number of thiazole rings is 1. The number of benzene rings is 1. The van der Waals surface area contributed by atoms with Crippen LogP contribution in [-0.2, 0) is 23.9 Å². The number of alkyl carbamates (subject to hydrolysis) is 1. The number of anilines is 1. The number of aliphatic carboxylic acids is 1. The number of carboxylic acids is 1. The Balaban J connectivity index is 1.22. The number of carboxylic acid groups (broad SMARTS) is 1. The van der Waals surface area contributed by atoms with E-state index in [0.29, 0.717) is 51.8 Å². The second-order valence-electron chi connectivity index (χ2n) is 15.1. The highest BCUT2D eigenvalue weighted by Crippen LogP contribution is 2.46. The molecule has 7 rings (SSSR count). The van der Waals surface area contributed by atoms with Gasteiger partial charge in [0.1, 0.15) is 52.0 Å². The van der Waals surface area contributed by atoms with Crippen LogP contribution in [0, 0.1) is 5.92 Å². The molecule has 5 atom stereocenters. The first-order valence-electron chi connectivity index (χ1n) is 19.6. The third-order valence-electron chi connectivity index (χ3n) is 11.2. The molecular weight excluding hydrogens is 776 g/mol. The van der Waals surface area contributed by atoms with E-state index in [9.17, 15) is 29.1 Å². The van der Waals surface area contributed by atoms with Crippen molar-refractivity contribution >= 4 is 68.8 Å². The normalized spacial score (nSPS) is 26.0. The number of hydrogen-bond acceptors (Lipinski definition) is 11. The van der Waals surface area contributed by atoms with E-state index in [0.717, 1.165) is 44.9 Å². The molecule has 1 aromatic carbocycles. The van der Waals surface area contributed by atoms with Crippen molar-refractivity contribution in [2.75, 3.05) is 19.0 Å². The lowest BCUT2D eigenvalue weighted by Gasteiger charge is -2.29. The lowest BCUT2D eigenvalue weighted by molar-refractivity contribution is -0.145. The number of fused-ring (bicyclic) bond motifs is 3. The molecule has 0 unspecified atom stereocenters. The second-order valence-corrected chi connectivity index (χ2v) is 16.3. The number of rotatable bonds is 9. The van der Waals surface area contributed by atoms with Crippen molar-refractivity contribution in [3.05, 3.63) is 40.8 Å². The van der Waals surface area contributed by atoms with Crippen LogP contribution in [0.25, 0.3) is 22.3 Å². The van der Waals surface area contributed by atoms with E-state index in [1.165, 1.54) is 23.3 Å². The fraction of sp³-hybridized carbons (Fsp3) is 0.525. The lowest BCUT2D eigenvalue weighted by atomic mass is 10.0. The molecule has 4 heterocycles. The van der Waals surface area contributed by atoms with Crippen molar-refractivity contribution in [3.8, 4) is 22.9 Å². The Morgan fingerprint density at radius 2 is 1.84 bits per heavy atom.